The number of carbonyl (C=O) groups is 1. The summed E-state index contributed by atoms with van der Waals surface area (Å²) in [5, 5.41) is 11.6. The maximum absolute atomic E-state index is 12.6. The first kappa shape index (κ1) is 15.6. The molecule has 0 saturated heterocycles. The normalized spacial score (nSPS) is 19.5. The molecule has 0 N–H and O–H groups in total. The van der Waals surface area contributed by atoms with E-state index in [-0.39, 0.29) is 12.0 Å². The lowest BCUT2D eigenvalue weighted by atomic mass is 9.84. The fraction of sp³-hybridized carbons (Fsp3) is 0.333. The minimum absolute atomic E-state index is 0.231. The third-order valence-corrected chi connectivity index (χ3v) is 5.13. The summed E-state index contributed by atoms with van der Waals surface area (Å²) < 4.78 is 5.28. The smallest absolute Gasteiger partial charge is 0.414 e. The molecule has 1 amide bonds. The van der Waals surface area contributed by atoms with Crippen LogP contribution in [-0.2, 0) is 11.2 Å². The van der Waals surface area contributed by atoms with E-state index in [1.54, 1.807) is 23.2 Å². The summed E-state index contributed by atoms with van der Waals surface area (Å²) in [7, 11) is 0. The number of carbonyl (C=O) groups excluding carboxylic acids is 1. The average molecular weight is 326 g/mol. The van der Waals surface area contributed by atoms with E-state index in [0.717, 1.165) is 23.4 Å². The van der Waals surface area contributed by atoms with Crippen LogP contribution in [0.1, 0.15) is 29.8 Å². The van der Waals surface area contributed by atoms with Gasteiger partial charge in [0, 0.05) is 10.6 Å². The van der Waals surface area contributed by atoms with Crippen LogP contribution in [0, 0.1) is 17.2 Å². The Balaban J connectivity index is 2.08. The molecule has 4 nitrogen and oxygen atoms in total. The van der Waals surface area contributed by atoms with Gasteiger partial charge in [0.25, 0.3) is 0 Å². The highest BCUT2D eigenvalue weighted by molar-refractivity contribution is 7.10. The standard InChI is InChI=1S/C18H18N2O2S/c1-2-22-18(21)20(15-6-4-3-5-7-15)16-14(12-19)9-8-13-10-11-23-17(13)16/h3-7,10-11,14,16H,2,8-9H2,1H3. The Hall–Kier alpha value is -2.32. The zero-order chi connectivity index (χ0) is 16.2. The topological polar surface area (TPSA) is 53.3 Å². The number of ether oxygens (including phenoxy) is 1. The summed E-state index contributed by atoms with van der Waals surface area (Å²) >= 11 is 1.61. The minimum atomic E-state index is -0.398. The predicted octanol–water partition coefficient (Wildman–Crippen LogP) is 4.54. The van der Waals surface area contributed by atoms with Crippen LogP contribution in [0.4, 0.5) is 10.5 Å². The highest BCUT2D eigenvalue weighted by Gasteiger charge is 2.39. The van der Waals surface area contributed by atoms with Gasteiger partial charge >= 0.3 is 6.09 Å². The first-order valence-corrected chi connectivity index (χ1v) is 8.61. The van der Waals surface area contributed by atoms with Crippen molar-refractivity contribution in [3.63, 3.8) is 0 Å². The van der Waals surface area contributed by atoms with Crippen LogP contribution in [0.5, 0.6) is 0 Å². The van der Waals surface area contributed by atoms with E-state index in [1.807, 2.05) is 35.7 Å². The molecule has 2 atom stereocenters. The van der Waals surface area contributed by atoms with Gasteiger partial charge in [-0.05, 0) is 48.9 Å². The van der Waals surface area contributed by atoms with Gasteiger partial charge in [0.1, 0.15) is 0 Å². The summed E-state index contributed by atoms with van der Waals surface area (Å²) in [4.78, 5) is 15.4. The van der Waals surface area contributed by atoms with E-state index in [4.69, 9.17) is 4.74 Å². The molecule has 118 valence electrons. The van der Waals surface area contributed by atoms with Crippen molar-refractivity contribution in [2.45, 2.75) is 25.8 Å². The van der Waals surface area contributed by atoms with E-state index in [0.29, 0.717) is 6.61 Å². The van der Waals surface area contributed by atoms with Gasteiger partial charge in [0.2, 0.25) is 0 Å². The van der Waals surface area contributed by atoms with Crippen molar-refractivity contribution in [2.75, 3.05) is 11.5 Å². The number of nitriles is 1. The molecule has 0 bridgehead atoms. The van der Waals surface area contributed by atoms with E-state index in [9.17, 15) is 10.1 Å². The van der Waals surface area contributed by atoms with E-state index >= 15 is 0 Å². The molecule has 2 aromatic rings. The Bertz CT molecular complexity index is 720. The molecule has 23 heavy (non-hydrogen) atoms. The van der Waals surface area contributed by atoms with Crippen LogP contribution in [-0.4, -0.2) is 12.7 Å². The van der Waals surface area contributed by atoms with Crippen molar-refractivity contribution in [3.8, 4) is 6.07 Å². The monoisotopic (exact) mass is 326 g/mol. The van der Waals surface area contributed by atoms with Gasteiger partial charge in [-0.25, -0.2) is 4.79 Å². The van der Waals surface area contributed by atoms with Crippen molar-refractivity contribution in [1.82, 2.24) is 0 Å². The minimum Gasteiger partial charge on any atom is -0.449 e. The zero-order valence-electron chi connectivity index (χ0n) is 12.9. The number of nitrogens with zero attached hydrogens (tertiary/aromatic N) is 2. The second kappa shape index (κ2) is 6.84. The van der Waals surface area contributed by atoms with Crippen LogP contribution >= 0.6 is 11.3 Å². The molecule has 0 aliphatic heterocycles. The number of rotatable bonds is 3. The van der Waals surface area contributed by atoms with E-state index in [2.05, 4.69) is 12.1 Å². The number of para-hydroxylation sites is 1. The lowest BCUT2D eigenvalue weighted by molar-refractivity contribution is 0.155. The van der Waals surface area contributed by atoms with Crippen LogP contribution in [0.3, 0.4) is 0 Å². The quantitative estimate of drug-likeness (QED) is 0.832. The summed E-state index contributed by atoms with van der Waals surface area (Å²) in [6.07, 6.45) is 1.25. The van der Waals surface area contributed by atoms with Crippen LogP contribution in [0.25, 0.3) is 0 Å². The second-order valence-electron chi connectivity index (χ2n) is 5.43. The first-order chi connectivity index (χ1) is 11.3. The lowest BCUT2D eigenvalue weighted by Gasteiger charge is -2.36. The molecule has 0 saturated carbocycles. The molecule has 2 unspecified atom stereocenters. The molecule has 0 fully saturated rings. The Kier molecular flexibility index (Phi) is 4.63. The molecular weight excluding hydrogens is 308 g/mol. The summed E-state index contributed by atoms with van der Waals surface area (Å²) in [5.41, 5.74) is 1.99. The summed E-state index contributed by atoms with van der Waals surface area (Å²) in [6, 6.07) is 13.6. The number of amides is 1. The molecule has 0 radical (unpaired) electrons. The van der Waals surface area contributed by atoms with Crippen molar-refractivity contribution < 1.29 is 9.53 Å². The zero-order valence-corrected chi connectivity index (χ0v) is 13.8. The van der Waals surface area contributed by atoms with E-state index in [1.165, 1.54) is 5.56 Å². The molecule has 1 aromatic heterocycles. The highest BCUT2D eigenvalue weighted by Crippen LogP contribution is 2.43. The van der Waals surface area contributed by atoms with Crippen molar-refractivity contribution in [1.29, 1.82) is 5.26 Å². The number of hydrogen-bond acceptors (Lipinski definition) is 4. The molecule has 0 spiro atoms. The Morgan fingerprint density at radius 1 is 1.39 bits per heavy atom. The van der Waals surface area contributed by atoms with Gasteiger partial charge < -0.3 is 4.74 Å². The second-order valence-corrected chi connectivity index (χ2v) is 6.38. The van der Waals surface area contributed by atoms with Crippen molar-refractivity contribution in [2.24, 2.45) is 5.92 Å². The van der Waals surface area contributed by atoms with Gasteiger partial charge in [-0.2, -0.15) is 5.26 Å². The van der Waals surface area contributed by atoms with Crippen LogP contribution < -0.4 is 4.90 Å². The molecule has 3 rings (SSSR count). The molecule has 1 aromatic carbocycles. The number of fused-ring (bicyclic) bond motifs is 1. The lowest BCUT2D eigenvalue weighted by Crippen LogP contribution is -2.40. The predicted molar refractivity (Wildman–Crippen MR) is 90.4 cm³/mol. The number of thiophene rings is 1. The third-order valence-electron chi connectivity index (χ3n) is 4.10. The molecule has 1 aliphatic carbocycles. The number of benzene rings is 1. The van der Waals surface area contributed by atoms with Crippen molar-refractivity contribution in [3.05, 3.63) is 52.2 Å². The average Bonchev–Trinajstić information content (AvgIpc) is 3.05. The van der Waals surface area contributed by atoms with Gasteiger partial charge in [-0.15, -0.1) is 11.3 Å². The molecule has 1 aliphatic rings. The fourth-order valence-electron chi connectivity index (χ4n) is 3.06. The first-order valence-electron chi connectivity index (χ1n) is 7.73. The summed E-state index contributed by atoms with van der Waals surface area (Å²) in [5.74, 6) is -0.231. The van der Waals surface area contributed by atoms with Gasteiger partial charge in [-0.1, -0.05) is 18.2 Å². The van der Waals surface area contributed by atoms with E-state index < -0.39 is 6.09 Å². The van der Waals surface area contributed by atoms with Crippen molar-refractivity contribution >= 4 is 23.1 Å². The number of anilines is 1. The Morgan fingerprint density at radius 2 is 2.17 bits per heavy atom. The van der Waals surface area contributed by atoms with Crippen LogP contribution in [0.15, 0.2) is 41.8 Å². The maximum atomic E-state index is 12.6. The van der Waals surface area contributed by atoms with Crippen LogP contribution in [0.2, 0.25) is 0 Å². The number of hydrogen-bond donors (Lipinski definition) is 0. The maximum Gasteiger partial charge on any atom is 0.414 e. The summed E-state index contributed by atoms with van der Waals surface area (Å²) in [6.45, 7) is 2.10. The molecule has 1 heterocycles. The van der Waals surface area contributed by atoms with Gasteiger partial charge in [0.05, 0.1) is 24.6 Å². The van der Waals surface area contributed by atoms with Gasteiger partial charge in [-0.3, -0.25) is 4.90 Å². The molecule has 5 heteroatoms. The Morgan fingerprint density at radius 3 is 2.87 bits per heavy atom. The number of aryl methyl sites for hydroxylation is 1. The largest absolute Gasteiger partial charge is 0.449 e. The highest BCUT2D eigenvalue weighted by atomic mass is 32.1. The molecular formula is C18H18N2O2S. The van der Waals surface area contributed by atoms with Gasteiger partial charge in [0.15, 0.2) is 0 Å². The fourth-order valence-corrected chi connectivity index (χ4v) is 4.17. The Labute approximate surface area is 139 Å². The SMILES string of the molecule is CCOC(=O)N(c1ccccc1)C1c2sccc2CCC1C#N. The third kappa shape index (κ3) is 2.95.